The van der Waals surface area contributed by atoms with Gasteiger partial charge in [-0.1, -0.05) is 12.1 Å². The number of carboxylic acids is 1. The van der Waals surface area contributed by atoms with E-state index in [0.29, 0.717) is 5.75 Å². The van der Waals surface area contributed by atoms with Crippen molar-refractivity contribution in [3.63, 3.8) is 0 Å². The fraction of sp³-hybridized carbons (Fsp3) is 0.417. The topological polar surface area (TPSA) is 106 Å². The van der Waals surface area contributed by atoms with E-state index in [4.69, 9.17) is 10.8 Å². The van der Waals surface area contributed by atoms with Crippen LogP contribution in [0.15, 0.2) is 24.3 Å². The number of nitrogens with two attached hydrogens (primary N) is 1. The molecule has 0 fully saturated rings. The summed E-state index contributed by atoms with van der Waals surface area (Å²) in [6, 6.07) is 5.29. The first-order chi connectivity index (χ1) is 8.74. The van der Waals surface area contributed by atoms with Gasteiger partial charge >= 0.3 is 5.97 Å². The van der Waals surface area contributed by atoms with Crippen molar-refractivity contribution in [1.82, 2.24) is 0 Å². The van der Waals surface area contributed by atoms with Gasteiger partial charge in [0.1, 0.15) is 6.04 Å². The molecule has 19 heavy (non-hydrogen) atoms. The molecule has 1 rings (SSSR count). The molecule has 3 N–H and O–H groups in total. The van der Waals surface area contributed by atoms with Gasteiger partial charge in [-0.05, 0) is 19.4 Å². The van der Waals surface area contributed by atoms with E-state index in [9.17, 15) is 14.9 Å². The predicted octanol–water partition coefficient (Wildman–Crippen LogP) is 2.02. The Balaban J connectivity index is 2.74. The largest absolute Gasteiger partial charge is 0.480 e. The van der Waals surface area contributed by atoms with Gasteiger partial charge in [0.2, 0.25) is 0 Å². The summed E-state index contributed by atoms with van der Waals surface area (Å²) in [4.78, 5) is 21.1. The predicted molar refractivity (Wildman–Crippen MR) is 74.1 cm³/mol. The van der Waals surface area contributed by atoms with Crippen molar-refractivity contribution < 1.29 is 14.8 Å². The van der Waals surface area contributed by atoms with Crippen molar-refractivity contribution in [1.29, 1.82) is 0 Å². The second kappa shape index (κ2) is 6.03. The molecular weight excluding hydrogens is 268 g/mol. The molecule has 0 aliphatic heterocycles. The number of nitro benzene ring substituents is 1. The molecule has 1 atom stereocenters. The lowest BCUT2D eigenvalue weighted by atomic mass is 10.1. The Morgan fingerprint density at radius 3 is 2.74 bits per heavy atom. The van der Waals surface area contributed by atoms with Crippen molar-refractivity contribution in [2.45, 2.75) is 30.4 Å². The highest BCUT2D eigenvalue weighted by molar-refractivity contribution is 7.99. The quantitative estimate of drug-likeness (QED) is 0.611. The number of benzene rings is 1. The van der Waals surface area contributed by atoms with Gasteiger partial charge < -0.3 is 10.8 Å². The number of rotatable bonds is 6. The van der Waals surface area contributed by atoms with Gasteiger partial charge in [0, 0.05) is 22.6 Å². The molecule has 0 aromatic heterocycles. The van der Waals surface area contributed by atoms with Crippen LogP contribution in [-0.2, 0) is 10.5 Å². The van der Waals surface area contributed by atoms with E-state index < -0.39 is 21.7 Å². The van der Waals surface area contributed by atoms with Gasteiger partial charge in [0.05, 0.1) is 4.92 Å². The van der Waals surface area contributed by atoms with E-state index in [-0.39, 0.29) is 5.69 Å². The minimum Gasteiger partial charge on any atom is -0.480 e. The van der Waals surface area contributed by atoms with E-state index in [1.54, 1.807) is 26.0 Å². The normalized spacial score (nSPS) is 13.0. The average molecular weight is 284 g/mol. The maximum absolute atomic E-state index is 10.9. The van der Waals surface area contributed by atoms with Crippen molar-refractivity contribution >= 4 is 23.4 Å². The summed E-state index contributed by atoms with van der Waals surface area (Å²) in [5.74, 6) is -0.591. The number of thioether (sulfide) groups is 1. The van der Waals surface area contributed by atoms with Gasteiger partial charge in [-0.2, -0.15) is 0 Å². The molecule has 1 aromatic rings. The van der Waals surface area contributed by atoms with E-state index >= 15 is 0 Å². The third-order valence-corrected chi connectivity index (χ3v) is 4.22. The molecule has 7 heteroatoms. The highest BCUT2D eigenvalue weighted by Gasteiger charge is 2.32. The Hall–Kier alpha value is -1.60. The lowest BCUT2D eigenvalue weighted by molar-refractivity contribution is -0.384. The molecule has 0 aliphatic carbocycles. The van der Waals surface area contributed by atoms with Crippen LogP contribution in [0.2, 0.25) is 0 Å². The van der Waals surface area contributed by atoms with E-state index in [2.05, 4.69) is 0 Å². The Morgan fingerprint density at radius 2 is 2.21 bits per heavy atom. The van der Waals surface area contributed by atoms with Crippen LogP contribution in [0.5, 0.6) is 0 Å². The van der Waals surface area contributed by atoms with Crippen LogP contribution in [0.25, 0.3) is 0 Å². The zero-order valence-electron chi connectivity index (χ0n) is 10.7. The van der Waals surface area contributed by atoms with Crippen LogP contribution >= 0.6 is 11.8 Å². The van der Waals surface area contributed by atoms with Crippen LogP contribution in [0.3, 0.4) is 0 Å². The molecule has 6 nitrogen and oxygen atoms in total. The van der Waals surface area contributed by atoms with Crippen molar-refractivity contribution in [2.75, 3.05) is 0 Å². The molecule has 0 unspecified atom stereocenters. The third kappa shape index (κ3) is 4.22. The maximum atomic E-state index is 10.9. The van der Waals surface area contributed by atoms with E-state index in [1.807, 2.05) is 0 Å². The summed E-state index contributed by atoms with van der Waals surface area (Å²) >= 11 is 1.36. The number of hydrogen-bond acceptors (Lipinski definition) is 5. The zero-order valence-corrected chi connectivity index (χ0v) is 11.5. The maximum Gasteiger partial charge on any atom is 0.321 e. The lowest BCUT2D eigenvalue weighted by Gasteiger charge is -2.27. The third-order valence-electron chi connectivity index (χ3n) is 2.75. The van der Waals surface area contributed by atoms with Crippen molar-refractivity contribution in [3.8, 4) is 0 Å². The van der Waals surface area contributed by atoms with E-state index in [1.165, 1.54) is 23.9 Å². The van der Waals surface area contributed by atoms with Gasteiger partial charge in [-0.3, -0.25) is 14.9 Å². The summed E-state index contributed by atoms with van der Waals surface area (Å²) in [6.45, 7) is 3.49. The Bertz CT molecular complexity index is 490. The summed E-state index contributed by atoms with van der Waals surface area (Å²) in [6.07, 6.45) is 0. The lowest BCUT2D eigenvalue weighted by Crippen LogP contribution is -2.46. The Labute approximate surface area is 115 Å². The van der Waals surface area contributed by atoms with Gasteiger partial charge in [-0.25, -0.2) is 0 Å². The highest BCUT2D eigenvalue weighted by Crippen LogP contribution is 2.31. The van der Waals surface area contributed by atoms with Crippen LogP contribution in [0.1, 0.15) is 19.4 Å². The molecule has 0 radical (unpaired) electrons. The first-order valence-corrected chi connectivity index (χ1v) is 6.58. The molecule has 1 aromatic carbocycles. The average Bonchev–Trinajstić information content (AvgIpc) is 2.35. The van der Waals surface area contributed by atoms with E-state index in [0.717, 1.165) is 5.56 Å². The number of nitro groups is 1. The number of carboxylic acid groups (broad SMARTS) is 1. The van der Waals surface area contributed by atoms with Crippen molar-refractivity contribution in [3.05, 3.63) is 39.9 Å². The van der Waals surface area contributed by atoms with Crippen molar-refractivity contribution in [2.24, 2.45) is 5.73 Å². The van der Waals surface area contributed by atoms with Gasteiger partial charge in [0.15, 0.2) is 0 Å². The molecule has 0 aliphatic rings. The first-order valence-electron chi connectivity index (χ1n) is 5.59. The highest BCUT2D eigenvalue weighted by atomic mass is 32.2. The second-order valence-electron chi connectivity index (χ2n) is 4.64. The monoisotopic (exact) mass is 284 g/mol. The summed E-state index contributed by atoms with van der Waals surface area (Å²) < 4.78 is -0.656. The number of non-ortho nitro benzene ring substituents is 1. The number of aliphatic carboxylic acids is 1. The number of carbonyl (C=O) groups is 1. The van der Waals surface area contributed by atoms with Gasteiger partial charge in [-0.15, -0.1) is 11.8 Å². The van der Waals surface area contributed by atoms with Crippen LogP contribution < -0.4 is 5.73 Å². The summed E-state index contributed by atoms with van der Waals surface area (Å²) in [5, 5.41) is 19.6. The minimum atomic E-state index is -1.06. The molecular formula is C12H16N2O4S. The minimum absolute atomic E-state index is 0.0263. The molecule has 104 valence electrons. The van der Waals surface area contributed by atoms with Crippen LogP contribution in [0, 0.1) is 10.1 Å². The molecule has 0 heterocycles. The number of hydrogen-bond donors (Lipinski definition) is 2. The summed E-state index contributed by atoms with van der Waals surface area (Å²) in [7, 11) is 0. The smallest absolute Gasteiger partial charge is 0.321 e. The summed E-state index contributed by atoms with van der Waals surface area (Å²) in [5.41, 5.74) is 6.40. The van der Waals surface area contributed by atoms with Crippen LogP contribution in [-0.4, -0.2) is 26.8 Å². The van der Waals surface area contributed by atoms with Crippen LogP contribution in [0.4, 0.5) is 5.69 Å². The zero-order chi connectivity index (χ0) is 14.6. The molecule has 0 spiro atoms. The fourth-order valence-corrected chi connectivity index (χ4v) is 2.41. The Kier molecular flexibility index (Phi) is 4.90. The molecule has 0 bridgehead atoms. The molecule has 0 saturated carbocycles. The first kappa shape index (κ1) is 15.5. The second-order valence-corrected chi connectivity index (χ2v) is 6.26. The Morgan fingerprint density at radius 1 is 1.58 bits per heavy atom. The standard InChI is InChI=1S/C12H16N2O4S/c1-12(2,10(13)11(15)16)19-7-8-4-3-5-9(6-8)14(17)18/h3-6,10H,7,13H2,1-2H3,(H,15,16)/t10-/m0/s1. The molecule has 0 amide bonds. The number of nitrogens with zero attached hydrogens (tertiary/aromatic N) is 1. The molecule has 0 saturated heterocycles. The fourth-order valence-electron chi connectivity index (χ4n) is 1.42. The van der Waals surface area contributed by atoms with Gasteiger partial charge in [0.25, 0.3) is 5.69 Å². The SMILES string of the molecule is CC(C)(SCc1cccc([N+](=O)[O-])c1)[C@@H](N)C(=O)O.